The standard InChI is InChI=1S/C15H20ClNO4/c1-11(12-7-5-4-6-8-12)17(15(19)21-3)10-9-13(16)14(18)20-2/h4-8,11,13H,9-10H2,1-3H3/t11-,13-/m1/s1. The molecule has 21 heavy (non-hydrogen) atoms. The minimum Gasteiger partial charge on any atom is -0.468 e. The number of carbonyl (C=O) groups excluding carboxylic acids is 2. The van der Waals surface area contributed by atoms with Crippen LogP contribution in [-0.4, -0.2) is 43.1 Å². The van der Waals surface area contributed by atoms with Gasteiger partial charge in [-0.1, -0.05) is 30.3 Å². The van der Waals surface area contributed by atoms with Gasteiger partial charge in [-0.05, 0) is 18.9 Å². The Bertz CT molecular complexity index is 466. The van der Waals surface area contributed by atoms with Crippen molar-refractivity contribution in [2.24, 2.45) is 0 Å². The first kappa shape index (κ1) is 17.3. The first-order valence-corrected chi connectivity index (χ1v) is 7.06. The molecule has 0 spiro atoms. The van der Waals surface area contributed by atoms with Crippen LogP contribution >= 0.6 is 11.6 Å². The summed E-state index contributed by atoms with van der Waals surface area (Å²) in [7, 11) is 2.61. The van der Waals surface area contributed by atoms with E-state index < -0.39 is 17.4 Å². The lowest BCUT2D eigenvalue weighted by molar-refractivity contribution is -0.140. The zero-order valence-corrected chi connectivity index (χ0v) is 13.2. The van der Waals surface area contributed by atoms with Crippen LogP contribution in [0.3, 0.4) is 0 Å². The van der Waals surface area contributed by atoms with Crippen LogP contribution in [0.1, 0.15) is 24.9 Å². The van der Waals surface area contributed by atoms with Crippen molar-refractivity contribution in [1.29, 1.82) is 0 Å². The maximum Gasteiger partial charge on any atom is 0.409 e. The van der Waals surface area contributed by atoms with Crippen molar-refractivity contribution in [2.45, 2.75) is 24.8 Å². The van der Waals surface area contributed by atoms with E-state index in [0.717, 1.165) is 5.56 Å². The zero-order valence-electron chi connectivity index (χ0n) is 12.4. The van der Waals surface area contributed by atoms with Crippen LogP contribution in [0.4, 0.5) is 4.79 Å². The smallest absolute Gasteiger partial charge is 0.409 e. The summed E-state index contributed by atoms with van der Waals surface area (Å²) in [6, 6.07) is 9.39. The molecule has 0 aliphatic heterocycles. The van der Waals surface area contributed by atoms with Crippen molar-refractivity contribution >= 4 is 23.7 Å². The van der Waals surface area contributed by atoms with Crippen LogP contribution < -0.4 is 0 Å². The largest absolute Gasteiger partial charge is 0.468 e. The molecule has 2 atom stereocenters. The molecule has 0 saturated heterocycles. The number of ether oxygens (including phenoxy) is 2. The van der Waals surface area contributed by atoms with E-state index in [1.54, 1.807) is 0 Å². The summed E-state index contributed by atoms with van der Waals surface area (Å²) in [5.74, 6) is -0.506. The van der Waals surface area contributed by atoms with Crippen molar-refractivity contribution in [1.82, 2.24) is 4.90 Å². The van der Waals surface area contributed by atoms with Gasteiger partial charge in [-0.2, -0.15) is 0 Å². The molecule has 0 aromatic heterocycles. The predicted molar refractivity (Wildman–Crippen MR) is 80.2 cm³/mol. The Labute approximate surface area is 129 Å². The Kier molecular flexibility index (Phi) is 7.02. The average molecular weight is 314 g/mol. The summed E-state index contributed by atoms with van der Waals surface area (Å²) < 4.78 is 9.37. The fraction of sp³-hybridized carbons (Fsp3) is 0.467. The van der Waals surface area contributed by atoms with Gasteiger partial charge in [0.1, 0.15) is 5.38 Å². The van der Waals surface area contributed by atoms with Gasteiger partial charge in [0.05, 0.1) is 20.3 Å². The van der Waals surface area contributed by atoms with Crippen LogP contribution in [0.5, 0.6) is 0 Å². The Hall–Kier alpha value is -1.75. The summed E-state index contributed by atoms with van der Waals surface area (Å²) >= 11 is 5.92. The Morgan fingerprint density at radius 3 is 2.33 bits per heavy atom. The Balaban J connectivity index is 2.77. The van der Waals surface area contributed by atoms with Crippen molar-refractivity contribution in [3.05, 3.63) is 35.9 Å². The van der Waals surface area contributed by atoms with Gasteiger partial charge in [0.15, 0.2) is 0 Å². The van der Waals surface area contributed by atoms with Crippen LogP contribution in [0, 0.1) is 0 Å². The molecular weight excluding hydrogens is 294 g/mol. The minimum atomic E-state index is -0.787. The molecule has 1 aromatic rings. The number of carbonyl (C=O) groups is 2. The van der Waals surface area contributed by atoms with Gasteiger partial charge in [0, 0.05) is 6.54 Å². The van der Waals surface area contributed by atoms with Crippen LogP contribution in [-0.2, 0) is 14.3 Å². The van der Waals surface area contributed by atoms with E-state index in [1.165, 1.54) is 19.1 Å². The lowest BCUT2D eigenvalue weighted by atomic mass is 10.1. The number of esters is 1. The number of nitrogens with zero attached hydrogens (tertiary/aromatic N) is 1. The lowest BCUT2D eigenvalue weighted by Gasteiger charge is -2.28. The van der Waals surface area contributed by atoms with Gasteiger partial charge in [-0.25, -0.2) is 4.79 Å². The molecule has 116 valence electrons. The third kappa shape index (κ3) is 4.93. The van der Waals surface area contributed by atoms with E-state index >= 15 is 0 Å². The maximum atomic E-state index is 11.9. The maximum absolute atomic E-state index is 11.9. The highest BCUT2D eigenvalue weighted by atomic mass is 35.5. The van der Waals surface area contributed by atoms with Crippen molar-refractivity contribution in [2.75, 3.05) is 20.8 Å². The number of hydrogen-bond acceptors (Lipinski definition) is 4. The third-order valence-electron chi connectivity index (χ3n) is 3.24. The van der Waals surface area contributed by atoms with E-state index in [2.05, 4.69) is 4.74 Å². The molecule has 1 rings (SSSR count). The van der Waals surface area contributed by atoms with E-state index in [-0.39, 0.29) is 6.04 Å². The molecule has 0 bridgehead atoms. The van der Waals surface area contributed by atoms with E-state index in [9.17, 15) is 9.59 Å². The minimum absolute atomic E-state index is 0.180. The molecule has 5 nitrogen and oxygen atoms in total. The quantitative estimate of drug-likeness (QED) is 0.598. The topological polar surface area (TPSA) is 55.8 Å². The van der Waals surface area contributed by atoms with Crippen LogP contribution in [0.25, 0.3) is 0 Å². The van der Waals surface area contributed by atoms with Crippen molar-refractivity contribution in [3.8, 4) is 0 Å². The van der Waals surface area contributed by atoms with E-state index in [1.807, 2.05) is 37.3 Å². The second-order valence-electron chi connectivity index (χ2n) is 4.53. The second kappa shape index (κ2) is 8.52. The first-order chi connectivity index (χ1) is 10.0. The first-order valence-electron chi connectivity index (χ1n) is 6.62. The number of alkyl halides is 1. The molecule has 0 fully saturated rings. The molecule has 0 saturated carbocycles. The van der Waals surface area contributed by atoms with Gasteiger partial charge >= 0.3 is 12.1 Å². The number of rotatable bonds is 6. The molecule has 0 unspecified atom stereocenters. The Morgan fingerprint density at radius 1 is 1.19 bits per heavy atom. The third-order valence-corrected chi connectivity index (χ3v) is 3.64. The fourth-order valence-electron chi connectivity index (χ4n) is 1.97. The second-order valence-corrected chi connectivity index (χ2v) is 5.06. The molecule has 0 radical (unpaired) electrons. The molecular formula is C15H20ClNO4. The number of halogens is 1. The Morgan fingerprint density at radius 2 is 1.81 bits per heavy atom. The van der Waals surface area contributed by atoms with Gasteiger partial charge in [0.25, 0.3) is 0 Å². The molecule has 0 N–H and O–H groups in total. The van der Waals surface area contributed by atoms with Gasteiger partial charge in [-0.3, -0.25) is 4.79 Å². The van der Waals surface area contributed by atoms with Crippen molar-refractivity contribution in [3.63, 3.8) is 0 Å². The average Bonchev–Trinajstić information content (AvgIpc) is 2.54. The summed E-state index contributed by atoms with van der Waals surface area (Å²) in [5.41, 5.74) is 0.979. The SMILES string of the molecule is COC(=O)[C@H](Cl)CCN(C(=O)OC)[C@H](C)c1ccccc1. The number of amides is 1. The summed E-state index contributed by atoms with van der Waals surface area (Å²) in [6.07, 6.45) is -0.166. The van der Waals surface area contributed by atoms with E-state index in [0.29, 0.717) is 13.0 Å². The fourth-order valence-corrected chi connectivity index (χ4v) is 2.16. The van der Waals surface area contributed by atoms with Gasteiger partial charge in [-0.15, -0.1) is 11.6 Å². The van der Waals surface area contributed by atoms with Crippen LogP contribution in [0.15, 0.2) is 30.3 Å². The lowest BCUT2D eigenvalue weighted by Crippen LogP contribution is -2.36. The van der Waals surface area contributed by atoms with Crippen LogP contribution in [0.2, 0.25) is 0 Å². The zero-order chi connectivity index (χ0) is 15.8. The summed E-state index contributed by atoms with van der Waals surface area (Å²) in [5, 5.41) is -0.787. The van der Waals surface area contributed by atoms with E-state index in [4.69, 9.17) is 16.3 Å². The number of hydrogen-bond donors (Lipinski definition) is 0. The highest BCUT2D eigenvalue weighted by Gasteiger charge is 2.24. The molecule has 0 aliphatic rings. The predicted octanol–water partition coefficient (Wildman–Crippen LogP) is 2.99. The van der Waals surface area contributed by atoms with Gasteiger partial charge in [0.2, 0.25) is 0 Å². The summed E-state index contributed by atoms with van der Waals surface area (Å²) in [6.45, 7) is 2.19. The number of methoxy groups -OCH3 is 2. The summed E-state index contributed by atoms with van der Waals surface area (Å²) in [4.78, 5) is 24.8. The highest BCUT2D eigenvalue weighted by molar-refractivity contribution is 6.29. The molecule has 0 aliphatic carbocycles. The molecule has 0 heterocycles. The monoisotopic (exact) mass is 313 g/mol. The van der Waals surface area contributed by atoms with Crippen molar-refractivity contribution < 1.29 is 19.1 Å². The number of benzene rings is 1. The normalized spacial score (nSPS) is 13.1. The van der Waals surface area contributed by atoms with Gasteiger partial charge < -0.3 is 14.4 Å². The molecule has 6 heteroatoms. The molecule has 1 aromatic carbocycles. The molecule has 1 amide bonds. The highest BCUT2D eigenvalue weighted by Crippen LogP contribution is 2.22.